The van der Waals surface area contributed by atoms with E-state index in [1.165, 1.54) is 19.2 Å². The number of Topliss-reactive ketones (excluding diaryl/α,β-unsaturated/α-hetero) is 1. The first-order valence-corrected chi connectivity index (χ1v) is 5.85. The van der Waals surface area contributed by atoms with Crippen molar-refractivity contribution in [3.05, 3.63) is 35.9 Å². The molecular formula is C13H20N2O7. The van der Waals surface area contributed by atoms with Crippen LogP contribution in [0.4, 0.5) is 0 Å². The molecule has 0 aliphatic heterocycles. The van der Waals surface area contributed by atoms with Crippen LogP contribution in [-0.2, 0) is 9.59 Å². The van der Waals surface area contributed by atoms with Crippen molar-refractivity contribution in [3.8, 4) is 0 Å². The zero-order valence-electron chi connectivity index (χ0n) is 11.9. The predicted octanol–water partition coefficient (Wildman–Crippen LogP) is -1.94. The lowest BCUT2D eigenvalue weighted by Gasteiger charge is -2.31. The van der Waals surface area contributed by atoms with E-state index < -0.39 is 35.7 Å². The summed E-state index contributed by atoms with van der Waals surface area (Å²) in [5.74, 6) is -3.67. The molecule has 9 N–H and O–H groups in total. The van der Waals surface area contributed by atoms with Crippen molar-refractivity contribution < 1.29 is 35.5 Å². The number of hydrogen-bond donors (Lipinski definition) is 4. The summed E-state index contributed by atoms with van der Waals surface area (Å²) >= 11 is 0. The number of carbonyl (C=O) groups excluding carboxylic acids is 1. The van der Waals surface area contributed by atoms with E-state index in [0.717, 1.165) is 0 Å². The summed E-state index contributed by atoms with van der Waals surface area (Å²) in [6.45, 7) is 0. The van der Waals surface area contributed by atoms with Gasteiger partial charge in [0.15, 0.2) is 11.3 Å². The van der Waals surface area contributed by atoms with E-state index in [9.17, 15) is 19.5 Å². The van der Waals surface area contributed by atoms with Gasteiger partial charge in [0.25, 0.3) is 0 Å². The van der Waals surface area contributed by atoms with Gasteiger partial charge in [-0.2, -0.15) is 0 Å². The molecule has 0 amide bonds. The van der Waals surface area contributed by atoms with Crippen molar-refractivity contribution in [1.82, 2.24) is 5.32 Å². The molecule has 1 unspecified atom stereocenters. The van der Waals surface area contributed by atoms with Crippen LogP contribution in [0.25, 0.3) is 0 Å². The van der Waals surface area contributed by atoms with E-state index in [2.05, 4.69) is 5.32 Å². The van der Waals surface area contributed by atoms with Gasteiger partial charge in [0, 0.05) is 5.56 Å². The average molecular weight is 316 g/mol. The lowest BCUT2D eigenvalue weighted by Crippen LogP contribution is -2.67. The smallest absolute Gasteiger partial charge is 0.333 e. The molecule has 0 spiro atoms. The SMILES string of the molecule is CNC(CC(=O)O)[C@](N)(C(=O)O)C(=O)c1ccccc1.O.O. The third-order valence-corrected chi connectivity index (χ3v) is 3.04. The Hall–Kier alpha value is -2.33. The van der Waals surface area contributed by atoms with Gasteiger partial charge in [0.05, 0.1) is 12.5 Å². The van der Waals surface area contributed by atoms with E-state index in [-0.39, 0.29) is 16.5 Å². The number of nitrogens with two attached hydrogens (primary N) is 1. The van der Waals surface area contributed by atoms with Crippen molar-refractivity contribution in [1.29, 1.82) is 0 Å². The van der Waals surface area contributed by atoms with Crippen molar-refractivity contribution in [3.63, 3.8) is 0 Å². The molecule has 0 radical (unpaired) electrons. The second kappa shape index (κ2) is 8.85. The maximum Gasteiger partial charge on any atom is 0.333 e. The molecule has 1 rings (SSSR count). The number of likely N-dealkylation sites (N-methyl/N-ethyl adjacent to an activating group) is 1. The summed E-state index contributed by atoms with van der Waals surface area (Å²) < 4.78 is 0. The van der Waals surface area contributed by atoms with Gasteiger partial charge in [-0.05, 0) is 7.05 Å². The van der Waals surface area contributed by atoms with E-state index in [0.29, 0.717) is 0 Å². The van der Waals surface area contributed by atoms with Crippen LogP contribution in [0.15, 0.2) is 30.3 Å². The van der Waals surface area contributed by atoms with E-state index >= 15 is 0 Å². The number of aliphatic carboxylic acids is 2. The Bertz CT molecular complexity index is 520. The lowest BCUT2D eigenvalue weighted by molar-refractivity contribution is -0.143. The second-order valence-corrected chi connectivity index (χ2v) is 4.31. The molecule has 9 nitrogen and oxygen atoms in total. The van der Waals surface area contributed by atoms with E-state index in [1.807, 2.05) is 0 Å². The Balaban J connectivity index is 0. The molecule has 1 aromatic rings. The molecule has 2 atom stereocenters. The van der Waals surface area contributed by atoms with Gasteiger partial charge in [-0.1, -0.05) is 30.3 Å². The molecule has 0 aromatic heterocycles. The molecule has 0 aliphatic rings. The summed E-state index contributed by atoms with van der Waals surface area (Å²) in [5.41, 5.74) is 3.51. The molecule has 22 heavy (non-hydrogen) atoms. The maximum absolute atomic E-state index is 12.4. The number of rotatable bonds is 7. The Morgan fingerprint density at radius 3 is 2.05 bits per heavy atom. The first kappa shape index (κ1) is 22.0. The summed E-state index contributed by atoms with van der Waals surface area (Å²) in [5, 5.41) is 20.6. The minimum absolute atomic E-state index is 0. The zero-order chi connectivity index (χ0) is 15.3. The quantitative estimate of drug-likeness (QED) is 0.332. The van der Waals surface area contributed by atoms with Crippen molar-refractivity contribution in [2.24, 2.45) is 5.73 Å². The fourth-order valence-electron chi connectivity index (χ4n) is 1.90. The molecular weight excluding hydrogens is 296 g/mol. The van der Waals surface area contributed by atoms with Crippen LogP contribution in [0.3, 0.4) is 0 Å². The summed E-state index contributed by atoms with van der Waals surface area (Å²) in [6, 6.07) is 6.44. The van der Waals surface area contributed by atoms with Crippen LogP contribution in [-0.4, -0.2) is 57.5 Å². The fourth-order valence-corrected chi connectivity index (χ4v) is 1.90. The highest BCUT2D eigenvalue weighted by Crippen LogP contribution is 2.18. The number of benzene rings is 1. The summed E-state index contributed by atoms with van der Waals surface area (Å²) in [7, 11) is 1.36. The highest BCUT2D eigenvalue weighted by Gasteiger charge is 2.49. The van der Waals surface area contributed by atoms with Gasteiger partial charge in [0.1, 0.15) is 0 Å². The standard InChI is InChI=1S/C13H16N2O5.2H2O/c1-15-9(7-10(16)17)13(14,12(19)20)11(18)8-5-3-2-4-6-8;;/h2-6,9,15H,7,14H2,1H3,(H,16,17)(H,19,20);2*1H2/t9?,13-;;/m1../s1. The molecule has 0 saturated heterocycles. The van der Waals surface area contributed by atoms with Crippen LogP contribution in [0.2, 0.25) is 0 Å². The second-order valence-electron chi connectivity index (χ2n) is 4.31. The predicted molar refractivity (Wildman–Crippen MR) is 77.7 cm³/mol. The van der Waals surface area contributed by atoms with Gasteiger partial charge in [-0.3, -0.25) is 9.59 Å². The molecule has 0 aliphatic carbocycles. The van der Waals surface area contributed by atoms with Crippen LogP contribution in [0.5, 0.6) is 0 Å². The largest absolute Gasteiger partial charge is 0.481 e. The van der Waals surface area contributed by atoms with Crippen LogP contribution in [0, 0.1) is 0 Å². The Morgan fingerprint density at radius 1 is 1.18 bits per heavy atom. The first-order valence-electron chi connectivity index (χ1n) is 5.85. The minimum atomic E-state index is -2.35. The van der Waals surface area contributed by atoms with Crippen LogP contribution in [0.1, 0.15) is 16.8 Å². The molecule has 0 fully saturated rings. The Labute approximate surface area is 126 Å². The zero-order valence-corrected chi connectivity index (χ0v) is 11.9. The average Bonchev–Trinajstić information content (AvgIpc) is 2.43. The highest BCUT2D eigenvalue weighted by atomic mass is 16.4. The lowest BCUT2D eigenvalue weighted by atomic mass is 9.81. The molecule has 0 bridgehead atoms. The van der Waals surface area contributed by atoms with E-state index in [4.69, 9.17) is 10.8 Å². The van der Waals surface area contributed by atoms with Gasteiger partial charge < -0.3 is 32.2 Å². The van der Waals surface area contributed by atoms with Gasteiger partial charge in [-0.15, -0.1) is 0 Å². The Morgan fingerprint density at radius 2 is 1.68 bits per heavy atom. The topological polar surface area (TPSA) is 193 Å². The molecule has 124 valence electrons. The van der Waals surface area contributed by atoms with Gasteiger partial charge >= 0.3 is 11.9 Å². The number of nitrogens with one attached hydrogen (secondary N) is 1. The molecule has 0 heterocycles. The monoisotopic (exact) mass is 316 g/mol. The normalized spacial score (nSPS) is 13.7. The summed E-state index contributed by atoms with van der Waals surface area (Å²) in [4.78, 5) is 34.6. The van der Waals surface area contributed by atoms with Crippen molar-refractivity contribution >= 4 is 17.7 Å². The number of carboxylic acid groups (broad SMARTS) is 2. The number of ketones is 1. The van der Waals surface area contributed by atoms with Gasteiger partial charge in [0.2, 0.25) is 0 Å². The third-order valence-electron chi connectivity index (χ3n) is 3.04. The fraction of sp³-hybridized carbons (Fsp3) is 0.308. The van der Waals surface area contributed by atoms with E-state index in [1.54, 1.807) is 18.2 Å². The number of carboxylic acids is 2. The third kappa shape index (κ3) is 4.33. The van der Waals surface area contributed by atoms with Crippen LogP contribution < -0.4 is 11.1 Å². The van der Waals surface area contributed by atoms with Crippen molar-refractivity contribution in [2.45, 2.75) is 18.0 Å². The first-order chi connectivity index (χ1) is 9.33. The Kier molecular flexibility index (Phi) is 8.83. The van der Waals surface area contributed by atoms with Gasteiger partial charge in [-0.25, -0.2) is 4.79 Å². The number of hydrogen-bond acceptors (Lipinski definition) is 5. The minimum Gasteiger partial charge on any atom is -0.481 e. The van der Waals surface area contributed by atoms with Crippen LogP contribution >= 0.6 is 0 Å². The highest BCUT2D eigenvalue weighted by molar-refractivity contribution is 6.16. The molecule has 9 heteroatoms. The number of carbonyl (C=O) groups is 3. The maximum atomic E-state index is 12.4. The van der Waals surface area contributed by atoms with Crippen molar-refractivity contribution in [2.75, 3.05) is 7.05 Å². The molecule has 0 saturated carbocycles. The summed E-state index contributed by atoms with van der Waals surface area (Å²) in [6.07, 6.45) is -0.585. The molecule has 1 aromatic carbocycles.